The third-order valence-electron chi connectivity index (χ3n) is 3.14. The Kier molecular flexibility index (Phi) is 3.90. The van der Waals surface area contributed by atoms with Crippen LogP contribution >= 0.6 is 11.3 Å². The first-order valence-corrected chi connectivity index (χ1v) is 7.22. The van der Waals surface area contributed by atoms with E-state index in [1.807, 2.05) is 11.4 Å². The van der Waals surface area contributed by atoms with Crippen LogP contribution in [0.3, 0.4) is 0 Å². The minimum Gasteiger partial charge on any atom is -0.493 e. The standard InChI is InChI=1S/C15H20N2O2S/c1-15(2,3)9-6-10(11-8-20-14(16)17-11)13(19-5)12(7-9)18-4/h6-8H,1-5H3,(H2,16,17). The number of rotatable bonds is 3. The highest BCUT2D eigenvalue weighted by atomic mass is 32.1. The van der Waals surface area contributed by atoms with E-state index in [2.05, 4.69) is 31.8 Å². The number of methoxy groups -OCH3 is 2. The molecule has 108 valence electrons. The summed E-state index contributed by atoms with van der Waals surface area (Å²) in [5.74, 6) is 1.40. The molecule has 1 aromatic heterocycles. The molecule has 0 saturated carbocycles. The number of anilines is 1. The fourth-order valence-corrected chi connectivity index (χ4v) is 2.56. The van der Waals surface area contributed by atoms with E-state index in [4.69, 9.17) is 15.2 Å². The van der Waals surface area contributed by atoms with Crippen LogP contribution in [0.15, 0.2) is 17.5 Å². The molecule has 0 spiro atoms. The van der Waals surface area contributed by atoms with Crippen LogP contribution in [0.4, 0.5) is 5.13 Å². The minimum atomic E-state index is 0.00979. The van der Waals surface area contributed by atoms with Crippen molar-refractivity contribution >= 4 is 16.5 Å². The van der Waals surface area contributed by atoms with Crippen molar-refractivity contribution in [1.29, 1.82) is 0 Å². The van der Waals surface area contributed by atoms with Gasteiger partial charge in [-0.25, -0.2) is 4.98 Å². The third kappa shape index (κ3) is 2.72. The smallest absolute Gasteiger partial charge is 0.180 e. The number of hydrogen-bond donors (Lipinski definition) is 1. The molecule has 0 aliphatic heterocycles. The van der Waals surface area contributed by atoms with Crippen LogP contribution in [-0.2, 0) is 5.41 Å². The molecular formula is C15H20N2O2S. The summed E-state index contributed by atoms with van der Waals surface area (Å²) < 4.78 is 11.0. The van der Waals surface area contributed by atoms with Crippen molar-refractivity contribution in [2.24, 2.45) is 0 Å². The van der Waals surface area contributed by atoms with Crippen LogP contribution < -0.4 is 15.2 Å². The summed E-state index contributed by atoms with van der Waals surface area (Å²) in [4.78, 5) is 4.35. The Morgan fingerprint density at radius 3 is 2.30 bits per heavy atom. The number of nitrogens with two attached hydrogens (primary N) is 1. The predicted octanol–water partition coefficient (Wildman–Crippen LogP) is 3.71. The van der Waals surface area contributed by atoms with Gasteiger partial charge in [0, 0.05) is 10.9 Å². The molecule has 0 aliphatic carbocycles. The maximum Gasteiger partial charge on any atom is 0.180 e. The fraction of sp³-hybridized carbons (Fsp3) is 0.400. The molecule has 2 N–H and O–H groups in total. The molecule has 0 saturated heterocycles. The van der Waals surface area contributed by atoms with Gasteiger partial charge in [0.05, 0.1) is 19.9 Å². The van der Waals surface area contributed by atoms with E-state index in [-0.39, 0.29) is 5.41 Å². The van der Waals surface area contributed by atoms with Crippen molar-refractivity contribution in [1.82, 2.24) is 4.98 Å². The molecule has 20 heavy (non-hydrogen) atoms. The van der Waals surface area contributed by atoms with Crippen LogP contribution in [0, 0.1) is 0 Å². The van der Waals surface area contributed by atoms with Crippen molar-refractivity contribution in [3.8, 4) is 22.8 Å². The van der Waals surface area contributed by atoms with Gasteiger partial charge in [-0.1, -0.05) is 20.8 Å². The number of aromatic nitrogens is 1. The van der Waals surface area contributed by atoms with E-state index < -0.39 is 0 Å². The van der Waals surface area contributed by atoms with Crippen LogP contribution in [0.5, 0.6) is 11.5 Å². The predicted molar refractivity (Wildman–Crippen MR) is 83.8 cm³/mol. The van der Waals surface area contributed by atoms with Crippen LogP contribution in [0.25, 0.3) is 11.3 Å². The summed E-state index contributed by atoms with van der Waals surface area (Å²) in [7, 11) is 3.28. The third-order valence-corrected chi connectivity index (χ3v) is 3.82. The molecule has 5 heteroatoms. The van der Waals surface area contributed by atoms with Crippen molar-refractivity contribution < 1.29 is 9.47 Å². The van der Waals surface area contributed by atoms with Gasteiger partial charge in [-0.15, -0.1) is 11.3 Å². The summed E-state index contributed by atoms with van der Waals surface area (Å²) in [5.41, 5.74) is 8.63. The molecule has 0 amide bonds. The molecule has 0 unspecified atom stereocenters. The molecule has 1 aromatic carbocycles. The Hall–Kier alpha value is -1.75. The molecule has 0 radical (unpaired) electrons. The first kappa shape index (κ1) is 14.7. The van der Waals surface area contributed by atoms with E-state index in [0.29, 0.717) is 16.6 Å². The minimum absolute atomic E-state index is 0.00979. The summed E-state index contributed by atoms with van der Waals surface area (Å²) in [5, 5.41) is 2.47. The molecule has 2 rings (SSSR count). The van der Waals surface area contributed by atoms with Crippen molar-refractivity contribution in [2.45, 2.75) is 26.2 Å². The molecule has 0 aliphatic rings. The van der Waals surface area contributed by atoms with Crippen molar-refractivity contribution in [3.63, 3.8) is 0 Å². The number of thiazole rings is 1. The normalized spacial score (nSPS) is 11.4. The fourth-order valence-electron chi connectivity index (χ4n) is 2.00. The molecule has 0 atom stereocenters. The Bertz CT molecular complexity index is 615. The summed E-state index contributed by atoms with van der Waals surface area (Å²) in [6.07, 6.45) is 0. The molecule has 1 heterocycles. The Balaban J connectivity index is 2.69. The van der Waals surface area contributed by atoms with Gasteiger partial charge in [0.15, 0.2) is 16.6 Å². The Morgan fingerprint density at radius 2 is 1.85 bits per heavy atom. The average molecular weight is 292 g/mol. The number of benzene rings is 1. The van der Waals surface area contributed by atoms with Gasteiger partial charge in [-0.3, -0.25) is 0 Å². The summed E-state index contributed by atoms with van der Waals surface area (Å²) in [6, 6.07) is 4.11. The van der Waals surface area contributed by atoms with Crippen LogP contribution in [0.1, 0.15) is 26.3 Å². The van der Waals surface area contributed by atoms with Gasteiger partial charge in [-0.05, 0) is 23.1 Å². The lowest BCUT2D eigenvalue weighted by Gasteiger charge is -2.22. The zero-order valence-corrected chi connectivity index (χ0v) is 13.3. The second-order valence-electron chi connectivity index (χ2n) is 5.58. The summed E-state index contributed by atoms with van der Waals surface area (Å²) in [6.45, 7) is 6.48. The van der Waals surface area contributed by atoms with E-state index >= 15 is 0 Å². The van der Waals surface area contributed by atoms with Gasteiger partial charge in [0.25, 0.3) is 0 Å². The van der Waals surface area contributed by atoms with Crippen molar-refractivity contribution in [2.75, 3.05) is 20.0 Å². The van der Waals surface area contributed by atoms with E-state index in [0.717, 1.165) is 16.8 Å². The Morgan fingerprint density at radius 1 is 1.15 bits per heavy atom. The highest BCUT2D eigenvalue weighted by Gasteiger charge is 2.21. The quantitative estimate of drug-likeness (QED) is 0.937. The van der Waals surface area contributed by atoms with E-state index in [9.17, 15) is 0 Å². The van der Waals surface area contributed by atoms with E-state index in [1.54, 1.807) is 14.2 Å². The lowest BCUT2D eigenvalue weighted by atomic mass is 9.85. The van der Waals surface area contributed by atoms with Gasteiger partial charge in [-0.2, -0.15) is 0 Å². The maximum absolute atomic E-state index is 5.74. The van der Waals surface area contributed by atoms with Gasteiger partial charge in [0.2, 0.25) is 0 Å². The highest BCUT2D eigenvalue weighted by Crippen LogP contribution is 2.42. The zero-order chi connectivity index (χ0) is 14.9. The number of ether oxygens (including phenoxy) is 2. The van der Waals surface area contributed by atoms with Gasteiger partial charge in [0.1, 0.15) is 0 Å². The topological polar surface area (TPSA) is 57.4 Å². The monoisotopic (exact) mass is 292 g/mol. The first-order valence-electron chi connectivity index (χ1n) is 6.34. The van der Waals surface area contributed by atoms with Crippen LogP contribution in [0.2, 0.25) is 0 Å². The van der Waals surface area contributed by atoms with E-state index in [1.165, 1.54) is 11.3 Å². The highest BCUT2D eigenvalue weighted by molar-refractivity contribution is 7.13. The average Bonchev–Trinajstić information content (AvgIpc) is 2.82. The van der Waals surface area contributed by atoms with Gasteiger partial charge < -0.3 is 15.2 Å². The SMILES string of the molecule is COc1cc(C(C)(C)C)cc(-c2csc(N)n2)c1OC. The lowest BCUT2D eigenvalue weighted by Crippen LogP contribution is -2.12. The molecule has 2 aromatic rings. The largest absolute Gasteiger partial charge is 0.493 e. The molecule has 0 fully saturated rings. The zero-order valence-electron chi connectivity index (χ0n) is 12.5. The second kappa shape index (κ2) is 5.32. The molecule has 0 bridgehead atoms. The lowest BCUT2D eigenvalue weighted by molar-refractivity contribution is 0.354. The first-order chi connectivity index (χ1) is 9.36. The number of nitrogens with zero attached hydrogens (tertiary/aromatic N) is 1. The molecule has 4 nitrogen and oxygen atoms in total. The summed E-state index contributed by atoms with van der Waals surface area (Å²) >= 11 is 1.42. The Labute approximate surface area is 123 Å². The van der Waals surface area contributed by atoms with Crippen molar-refractivity contribution in [3.05, 3.63) is 23.1 Å². The maximum atomic E-state index is 5.74. The molecular weight excluding hydrogens is 272 g/mol. The number of nitrogen functional groups attached to an aromatic ring is 1. The number of hydrogen-bond acceptors (Lipinski definition) is 5. The van der Waals surface area contributed by atoms with Gasteiger partial charge >= 0.3 is 0 Å². The van der Waals surface area contributed by atoms with Crippen LogP contribution in [-0.4, -0.2) is 19.2 Å². The second-order valence-corrected chi connectivity index (χ2v) is 6.47.